The molecule has 0 bridgehead atoms. The molecule has 17 heteroatoms. The Bertz CT molecular complexity index is 1590. The predicted octanol–water partition coefficient (Wildman–Crippen LogP) is 2.28. The van der Waals surface area contributed by atoms with E-state index in [1.54, 1.807) is 33.7 Å². The maximum Gasteiger partial charge on any atom is 0.490 e. The monoisotopic (exact) mass is 600 g/mol. The lowest BCUT2D eigenvalue weighted by Gasteiger charge is -2.32. The number of nitrogens with one attached hydrogen (secondary N) is 1. The van der Waals surface area contributed by atoms with Crippen molar-refractivity contribution in [3.8, 4) is 11.3 Å². The van der Waals surface area contributed by atoms with Gasteiger partial charge in [0.1, 0.15) is 5.69 Å². The molecule has 0 saturated carbocycles. The number of hydrogen-bond acceptors (Lipinski definition) is 9. The van der Waals surface area contributed by atoms with Gasteiger partial charge in [0.15, 0.2) is 21.3 Å². The largest absolute Gasteiger partial charge is 0.490 e. The number of alkyl halides is 3. The molecule has 1 unspecified atom stereocenters. The number of nitrogen functional groups attached to an aromatic ring is 1. The summed E-state index contributed by atoms with van der Waals surface area (Å²) >= 11 is 0. The number of fused-ring (bicyclic) bond motifs is 1. The van der Waals surface area contributed by atoms with Crippen LogP contribution in [-0.2, 0) is 19.4 Å². The molecule has 3 heterocycles. The third-order valence-corrected chi connectivity index (χ3v) is 7.21. The Morgan fingerprint density at radius 3 is 2.49 bits per heavy atom. The summed E-state index contributed by atoms with van der Waals surface area (Å²) in [5.41, 5.74) is 8.59. The molecular weight excluding hydrogens is 573 g/mol. The fraction of sp³-hybridized carbons (Fsp3) is 0.375. The minimum absolute atomic E-state index is 0.0654. The van der Waals surface area contributed by atoms with E-state index < -0.39 is 34.0 Å². The lowest BCUT2D eigenvalue weighted by Crippen LogP contribution is -2.49. The van der Waals surface area contributed by atoms with Crippen LogP contribution in [-0.4, -0.2) is 89.4 Å². The van der Waals surface area contributed by atoms with E-state index in [9.17, 15) is 31.2 Å². The number of sulfone groups is 1. The molecule has 1 fully saturated rings. The van der Waals surface area contributed by atoms with Gasteiger partial charge in [-0.1, -0.05) is 6.07 Å². The molecule has 13 nitrogen and oxygen atoms in total. The molecule has 1 saturated heterocycles. The van der Waals surface area contributed by atoms with Crippen molar-refractivity contribution in [2.75, 3.05) is 32.2 Å². The molecule has 4 N–H and O–H groups in total. The number of carbonyl (C=O) groups is 3. The van der Waals surface area contributed by atoms with E-state index >= 15 is 0 Å². The van der Waals surface area contributed by atoms with E-state index in [4.69, 9.17) is 20.4 Å². The van der Waals surface area contributed by atoms with E-state index in [-0.39, 0.29) is 22.4 Å². The number of ether oxygens (including phenoxy) is 1. The first kappa shape index (κ1) is 31.1. The van der Waals surface area contributed by atoms with Crippen molar-refractivity contribution in [3.63, 3.8) is 0 Å². The van der Waals surface area contributed by atoms with E-state index in [1.165, 1.54) is 13.3 Å². The van der Waals surface area contributed by atoms with Crippen LogP contribution in [0.25, 0.3) is 16.9 Å². The Balaban J connectivity index is 0.000000587. The SMILES string of the molecule is COC(=O)N1CCCC(NC(=O)c2cn3c(-c4cc(S(C)(=O)=O)ccc4C)cnc3c(N)n2)C1.O=C(O)C(F)(F)F. The average Bonchev–Trinajstić information content (AvgIpc) is 3.32. The number of piperidine rings is 1. The molecule has 1 aliphatic heterocycles. The number of carboxylic acid groups (broad SMARTS) is 1. The Morgan fingerprint density at radius 2 is 1.90 bits per heavy atom. The average molecular weight is 601 g/mol. The molecule has 0 spiro atoms. The number of imidazole rings is 1. The number of aromatic nitrogens is 3. The van der Waals surface area contributed by atoms with Crippen LogP contribution in [0, 0.1) is 6.92 Å². The topological polar surface area (TPSA) is 186 Å². The first-order valence-electron chi connectivity index (χ1n) is 11.9. The number of likely N-dealkylation sites (tertiary alicyclic amines) is 1. The number of aryl methyl sites for hydroxylation is 1. The van der Waals surface area contributed by atoms with Crippen LogP contribution in [0.1, 0.15) is 28.9 Å². The van der Waals surface area contributed by atoms with Crippen molar-refractivity contribution in [1.82, 2.24) is 24.6 Å². The maximum absolute atomic E-state index is 13.0. The number of aliphatic carboxylic acids is 1. The highest BCUT2D eigenvalue weighted by atomic mass is 32.2. The number of amides is 2. The zero-order chi connectivity index (χ0) is 30.7. The zero-order valence-corrected chi connectivity index (χ0v) is 22.9. The van der Waals surface area contributed by atoms with Crippen molar-refractivity contribution >= 4 is 39.3 Å². The lowest BCUT2D eigenvalue weighted by molar-refractivity contribution is -0.192. The highest BCUT2D eigenvalue weighted by molar-refractivity contribution is 7.90. The number of benzene rings is 1. The van der Waals surface area contributed by atoms with E-state index in [2.05, 4.69) is 15.3 Å². The van der Waals surface area contributed by atoms with E-state index in [1.807, 2.05) is 6.92 Å². The second-order valence-electron chi connectivity index (χ2n) is 9.13. The smallest absolute Gasteiger partial charge is 0.475 e. The Labute approximate surface area is 232 Å². The van der Waals surface area contributed by atoms with Crippen LogP contribution in [0.15, 0.2) is 35.5 Å². The summed E-state index contributed by atoms with van der Waals surface area (Å²) in [5.74, 6) is -3.13. The number of hydrogen-bond donors (Lipinski definition) is 3. The first-order valence-corrected chi connectivity index (χ1v) is 13.8. The van der Waals surface area contributed by atoms with Gasteiger partial charge in [0.05, 0.1) is 23.9 Å². The van der Waals surface area contributed by atoms with Crippen LogP contribution in [0.2, 0.25) is 0 Å². The molecule has 41 heavy (non-hydrogen) atoms. The summed E-state index contributed by atoms with van der Waals surface area (Å²) in [5, 5.41) is 10.0. The summed E-state index contributed by atoms with van der Waals surface area (Å²) in [6.45, 7) is 2.76. The molecular formula is C24H27F3N6O7S. The number of rotatable bonds is 4. The van der Waals surface area contributed by atoms with Gasteiger partial charge in [-0.15, -0.1) is 0 Å². The Kier molecular flexibility index (Phi) is 9.10. The summed E-state index contributed by atoms with van der Waals surface area (Å²) in [4.78, 5) is 44.0. The fourth-order valence-electron chi connectivity index (χ4n) is 4.08. The second-order valence-corrected chi connectivity index (χ2v) is 11.1. The van der Waals surface area contributed by atoms with Crippen LogP contribution in [0.5, 0.6) is 0 Å². The molecule has 4 rings (SSSR count). The number of methoxy groups -OCH3 is 1. The van der Waals surface area contributed by atoms with Gasteiger partial charge in [0.2, 0.25) is 0 Å². The number of nitrogens with two attached hydrogens (primary N) is 1. The molecule has 0 radical (unpaired) electrons. The van der Waals surface area contributed by atoms with Gasteiger partial charge in [-0.25, -0.2) is 28.0 Å². The standard InChI is InChI=1S/C22H26N6O5S.C2HF3O2/c1-13-6-7-15(34(3,31)32)9-16(13)18-10-24-20-19(23)26-17(12-28(18)20)21(29)25-14-5-4-8-27(11-14)22(30)33-2;3-2(4,5)1(6)7/h6-7,9-10,12,14H,4-5,8,11H2,1-3H3,(H2,23,26)(H,25,29);(H,6,7). The normalized spacial score (nSPS) is 15.6. The molecule has 222 valence electrons. The minimum atomic E-state index is -5.08. The molecule has 1 aromatic carbocycles. The Hall–Kier alpha value is -4.41. The third-order valence-electron chi connectivity index (χ3n) is 6.10. The molecule has 1 aliphatic rings. The molecule has 1 atom stereocenters. The number of nitrogens with zero attached hydrogens (tertiary/aromatic N) is 4. The fourth-order valence-corrected chi connectivity index (χ4v) is 4.72. The van der Waals surface area contributed by atoms with Crippen molar-refractivity contribution in [2.45, 2.75) is 36.9 Å². The number of carboxylic acids is 1. The second kappa shape index (κ2) is 12.0. The van der Waals surface area contributed by atoms with Crippen molar-refractivity contribution in [3.05, 3.63) is 41.9 Å². The summed E-state index contributed by atoms with van der Waals surface area (Å²) in [6, 6.07) is 4.59. The van der Waals surface area contributed by atoms with Gasteiger partial charge in [-0.3, -0.25) is 9.20 Å². The van der Waals surface area contributed by atoms with Gasteiger partial charge in [0, 0.05) is 37.1 Å². The summed E-state index contributed by atoms with van der Waals surface area (Å²) in [6.07, 6.45) is 0.168. The van der Waals surface area contributed by atoms with Crippen molar-refractivity contribution in [2.24, 2.45) is 0 Å². The predicted molar refractivity (Wildman–Crippen MR) is 139 cm³/mol. The van der Waals surface area contributed by atoms with Gasteiger partial charge >= 0.3 is 18.2 Å². The molecule has 2 aromatic heterocycles. The van der Waals surface area contributed by atoms with Crippen LogP contribution >= 0.6 is 0 Å². The van der Waals surface area contributed by atoms with E-state index in [0.29, 0.717) is 36.4 Å². The number of halogens is 3. The first-order chi connectivity index (χ1) is 19.0. The quantitative estimate of drug-likeness (QED) is 0.401. The number of anilines is 1. The van der Waals surface area contributed by atoms with E-state index in [0.717, 1.165) is 18.2 Å². The molecule has 2 amide bonds. The van der Waals surface area contributed by atoms with Gasteiger partial charge in [0.25, 0.3) is 5.91 Å². The summed E-state index contributed by atoms with van der Waals surface area (Å²) in [7, 11) is -2.09. The van der Waals surface area contributed by atoms with Gasteiger partial charge < -0.3 is 25.8 Å². The van der Waals surface area contributed by atoms with Crippen molar-refractivity contribution < 1.29 is 45.8 Å². The third kappa shape index (κ3) is 7.41. The Morgan fingerprint density at radius 1 is 1.24 bits per heavy atom. The lowest BCUT2D eigenvalue weighted by atomic mass is 10.1. The highest BCUT2D eigenvalue weighted by Gasteiger charge is 2.38. The molecule has 3 aromatic rings. The van der Waals surface area contributed by atoms with Crippen molar-refractivity contribution in [1.29, 1.82) is 0 Å². The van der Waals surface area contributed by atoms with Gasteiger partial charge in [-0.2, -0.15) is 13.2 Å². The maximum atomic E-state index is 13.0. The van der Waals surface area contributed by atoms with Crippen LogP contribution < -0.4 is 11.1 Å². The highest BCUT2D eigenvalue weighted by Crippen LogP contribution is 2.28. The minimum Gasteiger partial charge on any atom is -0.475 e. The molecule has 0 aliphatic carbocycles. The van der Waals surface area contributed by atoms with Crippen LogP contribution in [0.4, 0.5) is 23.8 Å². The summed E-state index contributed by atoms with van der Waals surface area (Å²) < 4.78 is 62.3. The zero-order valence-electron chi connectivity index (χ0n) is 22.1. The number of carbonyl (C=O) groups excluding carboxylic acids is 2. The van der Waals surface area contributed by atoms with Crippen LogP contribution in [0.3, 0.4) is 0 Å². The van der Waals surface area contributed by atoms with Gasteiger partial charge in [-0.05, 0) is 37.5 Å².